The molecule has 2 aromatic rings. The number of nitrogens with one attached hydrogen (secondary N) is 1. The lowest BCUT2D eigenvalue weighted by molar-refractivity contribution is -0.0937. The van der Waals surface area contributed by atoms with Crippen molar-refractivity contribution >= 4 is 33.1 Å². The van der Waals surface area contributed by atoms with Gasteiger partial charge >= 0.3 is 0 Å². The molecule has 0 aliphatic carbocycles. The highest BCUT2D eigenvalue weighted by molar-refractivity contribution is 7.92. The third-order valence-electron chi connectivity index (χ3n) is 6.23. The second-order valence-electron chi connectivity index (χ2n) is 8.01. The van der Waals surface area contributed by atoms with Gasteiger partial charge < -0.3 is 14.5 Å². The zero-order valence-electron chi connectivity index (χ0n) is 17.4. The Morgan fingerprint density at radius 2 is 2.03 bits per heavy atom. The maximum absolute atomic E-state index is 15.1. The number of sulfonamides is 1. The Kier molecular flexibility index (Phi) is 6.03. The molecule has 0 radical (unpaired) electrons. The van der Waals surface area contributed by atoms with Crippen LogP contribution >= 0.6 is 11.6 Å². The van der Waals surface area contributed by atoms with E-state index in [1.165, 1.54) is 6.07 Å². The van der Waals surface area contributed by atoms with Crippen molar-refractivity contribution in [2.75, 3.05) is 43.4 Å². The van der Waals surface area contributed by atoms with E-state index in [-0.39, 0.29) is 11.7 Å². The smallest absolute Gasteiger partial charge is 0.268 e. The fraction of sp³-hybridized carbons (Fsp3) is 0.450. The molecule has 2 fully saturated rings. The molecule has 0 unspecified atom stereocenters. The minimum absolute atomic E-state index is 0.0467. The Bertz CT molecular complexity index is 1150. The molecule has 2 atom stereocenters. The van der Waals surface area contributed by atoms with Crippen LogP contribution in [0.2, 0.25) is 5.02 Å². The number of methoxy groups -OCH3 is 1. The molecule has 2 aliphatic heterocycles. The van der Waals surface area contributed by atoms with Gasteiger partial charge in [0.2, 0.25) is 5.95 Å². The normalized spacial score (nSPS) is 23.9. The summed E-state index contributed by atoms with van der Waals surface area (Å²) in [5.74, 6) is -4.12. The highest BCUT2D eigenvalue weighted by Gasteiger charge is 2.50. The first-order chi connectivity index (χ1) is 15.1. The maximum Gasteiger partial charge on any atom is 0.268 e. The molecule has 0 saturated carbocycles. The Morgan fingerprint density at radius 1 is 1.28 bits per heavy atom. The first kappa shape index (κ1) is 23.1. The molecular formula is C20H22ClF3N4O3S. The van der Waals surface area contributed by atoms with Crippen molar-refractivity contribution in [2.45, 2.75) is 29.4 Å². The van der Waals surface area contributed by atoms with E-state index >= 15 is 4.39 Å². The number of hydrogen-bond acceptors (Lipinski definition) is 6. The Morgan fingerprint density at radius 3 is 2.62 bits per heavy atom. The van der Waals surface area contributed by atoms with Gasteiger partial charge in [0.1, 0.15) is 22.3 Å². The molecule has 4 rings (SSSR count). The second-order valence-corrected chi connectivity index (χ2v) is 10.0. The average Bonchev–Trinajstić information content (AvgIpc) is 3.13. The van der Waals surface area contributed by atoms with Crippen LogP contribution in [0.25, 0.3) is 0 Å². The van der Waals surface area contributed by atoms with Crippen molar-refractivity contribution in [3.8, 4) is 0 Å². The second kappa shape index (κ2) is 8.36. The van der Waals surface area contributed by atoms with Crippen molar-refractivity contribution in [3.05, 3.63) is 46.9 Å². The van der Waals surface area contributed by atoms with Gasteiger partial charge in [0, 0.05) is 32.3 Å². The van der Waals surface area contributed by atoms with E-state index in [0.717, 1.165) is 31.2 Å². The molecular weight excluding hydrogens is 469 g/mol. The van der Waals surface area contributed by atoms with E-state index in [9.17, 15) is 17.2 Å². The predicted octanol–water partition coefficient (Wildman–Crippen LogP) is 3.25. The van der Waals surface area contributed by atoms with Crippen molar-refractivity contribution in [2.24, 2.45) is 0 Å². The van der Waals surface area contributed by atoms with Crippen molar-refractivity contribution in [1.82, 2.24) is 9.88 Å². The highest BCUT2D eigenvalue weighted by Crippen LogP contribution is 2.42. The number of likely N-dealkylation sites (tertiary alicyclic amines) is 1. The molecule has 1 N–H and O–H groups in total. The minimum atomic E-state index is -4.76. The number of aromatic nitrogens is 1. The number of benzene rings is 1. The van der Waals surface area contributed by atoms with Crippen LogP contribution in [0.1, 0.15) is 12.8 Å². The van der Waals surface area contributed by atoms with Crippen LogP contribution < -0.4 is 9.62 Å². The summed E-state index contributed by atoms with van der Waals surface area (Å²) >= 11 is 6.17. The zero-order valence-corrected chi connectivity index (χ0v) is 19.0. The molecule has 0 bridgehead atoms. The Labute approximate surface area is 189 Å². The van der Waals surface area contributed by atoms with Gasteiger partial charge in [0.15, 0.2) is 10.7 Å². The summed E-state index contributed by atoms with van der Waals surface area (Å²) in [5, 5.41) is -0.521. The molecule has 3 heterocycles. The topological polar surface area (TPSA) is 74.8 Å². The number of anilines is 2. The maximum atomic E-state index is 15.1. The fourth-order valence-electron chi connectivity index (χ4n) is 4.46. The van der Waals surface area contributed by atoms with E-state index < -0.39 is 48.9 Å². The van der Waals surface area contributed by atoms with Gasteiger partial charge in [-0.2, -0.15) is 4.39 Å². The Hall–Kier alpha value is -2.08. The SMILES string of the molecule is CO[C@@]1([C@@H]2CCN2C)CCN(c2cc(F)c(S(=O)(=O)Nc3cccc(F)n3)c(F)c2Cl)C1. The van der Waals surface area contributed by atoms with Crippen molar-refractivity contribution in [1.29, 1.82) is 0 Å². The molecule has 32 heavy (non-hydrogen) atoms. The molecule has 7 nitrogen and oxygen atoms in total. The predicted molar refractivity (Wildman–Crippen MR) is 114 cm³/mol. The van der Waals surface area contributed by atoms with E-state index in [2.05, 4.69) is 9.88 Å². The molecule has 2 saturated heterocycles. The van der Waals surface area contributed by atoms with Crippen LogP contribution in [-0.4, -0.2) is 63.7 Å². The lowest BCUT2D eigenvalue weighted by Crippen LogP contribution is -2.61. The lowest BCUT2D eigenvalue weighted by atomic mass is 9.84. The van der Waals surface area contributed by atoms with Gasteiger partial charge in [-0.1, -0.05) is 17.7 Å². The zero-order chi connectivity index (χ0) is 23.3. The molecule has 12 heteroatoms. The van der Waals surface area contributed by atoms with Crippen LogP contribution in [0.5, 0.6) is 0 Å². The number of halogens is 4. The monoisotopic (exact) mass is 490 g/mol. The summed E-state index contributed by atoms with van der Waals surface area (Å²) in [5.41, 5.74) is -0.469. The molecule has 1 aromatic heterocycles. The highest BCUT2D eigenvalue weighted by atomic mass is 35.5. The lowest BCUT2D eigenvalue weighted by Gasteiger charge is -2.48. The fourth-order valence-corrected chi connectivity index (χ4v) is 5.93. The Balaban J connectivity index is 1.65. The quantitative estimate of drug-likeness (QED) is 0.495. The van der Waals surface area contributed by atoms with Gasteiger partial charge in [-0.3, -0.25) is 4.72 Å². The summed E-state index contributed by atoms with van der Waals surface area (Å²) in [6.07, 6.45) is 1.58. The van der Waals surface area contributed by atoms with Crippen LogP contribution in [-0.2, 0) is 14.8 Å². The molecule has 174 valence electrons. The first-order valence-electron chi connectivity index (χ1n) is 9.91. The van der Waals surface area contributed by atoms with Gasteiger partial charge in [-0.15, -0.1) is 0 Å². The van der Waals surface area contributed by atoms with E-state index in [4.69, 9.17) is 16.3 Å². The standard InChI is InChI=1S/C20H22ClF3N4O3S/c1-27-8-6-14(27)20(31-2)7-9-28(11-20)13-10-12(22)19(18(24)17(13)21)32(29,30)26-16-5-3-4-15(23)25-16/h3-5,10,14H,6-9,11H2,1-2H3,(H,25,26)/t14-,20-/m0/s1. The number of hydrogen-bond donors (Lipinski definition) is 1. The largest absolute Gasteiger partial charge is 0.375 e. The molecule has 2 aliphatic rings. The van der Waals surface area contributed by atoms with Crippen molar-refractivity contribution in [3.63, 3.8) is 0 Å². The summed E-state index contributed by atoms with van der Waals surface area (Å²) in [7, 11) is -1.16. The van der Waals surface area contributed by atoms with Crippen LogP contribution in [0.3, 0.4) is 0 Å². The number of nitrogens with zero attached hydrogens (tertiary/aromatic N) is 3. The summed E-state index contributed by atoms with van der Waals surface area (Å²) in [6, 6.07) is 4.43. The van der Waals surface area contributed by atoms with Gasteiger partial charge in [-0.05, 0) is 38.6 Å². The van der Waals surface area contributed by atoms with E-state index in [1.54, 1.807) is 12.0 Å². The molecule has 0 spiro atoms. The number of likely N-dealkylation sites (N-methyl/N-ethyl adjacent to an activating group) is 1. The summed E-state index contributed by atoms with van der Waals surface area (Å²) in [6.45, 7) is 1.74. The van der Waals surface area contributed by atoms with Gasteiger partial charge in [-0.25, -0.2) is 22.2 Å². The van der Waals surface area contributed by atoms with Crippen LogP contribution in [0.4, 0.5) is 24.7 Å². The third-order valence-corrected chi connectivity index (χ3v) is 7.97. The molecule has 0 amide bonds. The van der Waals surface area contributed by atoms with E-state index in [1.807, 2.05) is 11.8 Å². The first-order valence-corrected chi connectivity index (χ1v) is 11.8. The number of ether oxygens (including phenoxy) is 1. The van der Waals surface area contributed by atoms with Crippen LogP contribution in [0.15, 0.2) is 29.2 Å². The van der Waals surface area contributed by atoms with Crippen LogP contribution in [0, 0.1) is 17.6 Å². The average molecular weight is 491 g/mol. The summed E-state index contributed by atoms with van der Waals surface area (Å²) < 4.78 is 76.2. The van der Waals surface area contributed by atoms with Gasteiger partial charge in [0.05, 0.1) is 5.69 Å². The summed E-state index contributed by atoms with van der Waals surface area (Å²) in [4.78, 5) is 5.95. The van der Waals surface area contributed by atoms with E-state index in [0.29, 0.717) is 19.5 Å². The minimum Gasteiger partial charge on any atom is -0.375 e. The van der Waals surface area contributed by atoms with Crippen molar-refractivity contribution < 1.29 is 26.3 Å². The number of rotatable bonds is 6. The third kappa shape index (κ3) is 3.91. The van der Waals surface area contributed by atoms with Gasteiger partial charge in [0.25, 0.3) is 10.0 Å². The number of pyridine rings is 1. The molecule has 1 aromatic carbocycles.